The number of rotatable bonds is 1. The summed E-state index contributed by atoms with van der Waals surface area (Å²) >= 11 is 0. The van der Waals surface area contributed by atoms with Crippen molar-refractivity contribution in [3.05, 3.63) is 0 Å². The molecule has 3 nitrogen and oxygen atoms in total. The van der Waals surface area contributed by atoms with E-state index in [1.165, 1.54) is 19.3 Å². The minimum absolute atomic E-state index is 0.0440. The number of nitrogens with zero attached hydrogens (tertiary/aromatic N) is 1. The Bertz CT molecular complexity index is 300. The fourth-order valence-corrected chi connectivity index (χ4v) is 3.64. The molecule has 0 aromatic carbocycles. The summed E-state index contributed by atoms with van der Waals surface area (Å²) in [5, 5.41) is 0. The van der Waals surface area contributed by atoms with Gasteiger partial charge in [-0.05, 0) is 32.1 Å². The van der Waals surface area contributed by atoms with Crippen molar-refractivity contribution < 1.29 is 4.79 Å². The van der Waals surface area contributed by atoms with Gasteiger partial charge in [-0.3, -0.25) is 4.79 Å². The SMILES string of the molecule is NC12CCCCC1N(C(=O)C1CCC1)CC2. The molecule has 2 N–H and O–H groups in total. The molecule has 0 bridgehead atoms. The number of carbonyl (C=O) groups is 1. The molecule has 2 aliphatic carbocycles. The Morgan fingerprint density at radius 1 is 1.12 bits per heavy atom. The second kappa shape index (κ2) is 3.73. The number of hydrogen-bond donors (Lipinski definition) is 1. The lowest BCUT2D eigenvalue weighted by Gasteiger charge is -2.40. The zero-order valence-corrected chi connectivity index (χ0v) is 9.95. The number of amides is 1. The van der Waals surface area contributed by atoms with Crippen LogP contribution in [0, 0.1) is 5.92 Å². The summed E-state index contributed by atoms with van der Waals surface area (Å²) < 4.78 is 0. The van der Waals surface area contributed by atoms with E-state index in [-0.39, 0.29) is 5.54 Å². The number of nitrogens with two attached hydrogens (primary N) is 1. The Kier molecular flexibility index (Phi) is 2.46. The first-order valence-corrected chi connectivity index (χ1v) is 6.80. The normalized spacial score (nSPS) is 39.3. The van der Waals surface area contributed by atoms with Gasteiger partial charge in [0, 0.05) is 24.0 Å². The average molecular weight is 222 g/mol. The van der Waals surface area contributed by atoms with Gasteiger partial charge >= 0.3 is 0 Å². The Balaban J connectivity index is 1.74. The van der Waals surface area contributed by atoms with Gasteiger partial charge < -0.3 is 10.6 Å². The van der Waals surface area contributed by atoms with Gasteiger partial charge in [0.2, 0.25) is 5.91 Å². The van der Waals surface area contributed by atoms with Crippen molar-refractivity contribution in [2.45, 2.75) is 62.9 Å². The van der Waals surface area contributed by atoms with Crippen molar-refractivity contribution in [1.82, 2.24) is 4.90 Å². The average Bonchev–Trinajstić information content (AvgIpc) is 2.52. The molecular formula is C13H22N2O. The molecule has 1 heterocycles. The predicted octanol–water partition coefficient (Wildman–Crippen LogP) is 1.66. The zero-order chi connectivity index (χ0) is 11.2. The molecule has 0 radical (unpaired) electrons. The van der Waals surface area contributed by atoms with E-state index in [0.717, 1.165) is 38.6 Å². The fourth-order valence-electron chi connectivity index (χ4n) is 3.64. The predicted molar refractivity (Wildman–Crippen MR) is 62.8 cm³/mol. The van der Waals surface area contributed by atoms with Crippen LogP contribution in [0.2, 0.25) is 0 Å². The third kappa shape index (κ3) is 1.48. The third-order valence-electron chi connectivity index (χ3n) is 4.97. The molecule has 2 saturated carbocycles. The summed E-state index contributed by atoms with van der Waals surface area (Å²) in [6, 6.07) is 0.356. The van der Waals surface area contributed by atoms with Gasteiger partial charge in [0.25, 0.3) is 0 Å². The quantitative estimate of drug-likeness (QED) is 0.733. The molecule has 0 spiro atoms. The lowest BCUT2D eigenvalue weighted by atomic mass is 9.78. The van der Waals surface area contributed by atoms with Gasteiger partial charge in [0.15, 0.2) is 0 Å². The van der Waals surface area contributed by atoms with Crippen LogP contribution in [0.5, 0.6) is 0 Å². The van der Waals surface area contributed by atoms with Crippen LogP contribution in [0.3, 0.4) is 0 Å². The van der Waals surface area contributed by atoms with Gasteiger partial charge in [-0.2, -0.15) is 0 Å². The van der Waals surface area contributed by atoms with Crippen molar-refractivity contribution in [3.63, 3.8) is 0 Å². The highest BCUT2D eigenvalue weighted by Gasteiger charge is 2.48. The highest BCUT2D eigenvalue weighted by Crippen LogP contribution is 2.40. The van der Waals surface area contributed by atoms with Crippen LogP contribution in [0.15, 0.2) is 0 Å². The highest BCUT2D eigenvalue weighted by molar-refractivity contribution is 5.80. The lowest BCUT2D eigenvalue weighted by Crippen LogP contribution is -2.55. The Labute approximate surface area is 97.4 Å². The summed E-state index contributed by atoms with van der Waals surface area (Å²) in [6.07, 6.45) is 9.23. The molecule has 0 aromatic rings. The number of likely N-dealkylation sites (tertiary alicyclic amines) is 1. The molecule has 3 fully saturated rings. The smallest absolute Gasteiger partial charge is 0.225 e. The van der Waals surface area contributed by atoms with Crippen LogP contribution >= 0.6 is 0 Å². The van der Waals surface area contributed by atoms with Crippen molar-refractivity contribution >= 4 is 5.91 Å². The monoisotopic (exact) mass is 222 g/mol. The highest BCUT2D eigenvalue weighted by atomic mass is 16.2. The summed E-state index contributed by atoms with van der Waals surface area (Å²) in [7, 11) is 0. The summed E-state index contributed by atoms with van der Waals surface area (Å²) in [5.74, 6) is 0.745. The molecule has 16 heavy (non-hydrogen) atoms. The van der Waals surface area contributed by atoms with Crippen molar-refractivity contribution in [2.75, 3.05) is 6.54 Å². The lowest BCUT2D eigenvalue weighted by molar-refractivity contribution is -0.140. The third-order valence-corrected chi connectivity index (χ3v) is 4.97. The standard InChI is InChI=1S/C13H22N2O/c14-13-7-2-1-6-11(13)15(9-8-13)12(16)10-4-3-5-10/h10-11H,1-9,14H2. The molecule has 3 aliphatic rings. The van der Waals surface area contributed by atoms with Crippen molar-refractivity contribution in [2.24, 2.45) is 11.7 Å². The minimum Gasteiger partial charge on any atom is -0.338 e. The van der Waals surface area contributed by atoms with Gasteiger partial charge in [-0.1, -0.05) is 19.3 Å². The Morgan fingerprint density at radius 2 is 1.94 bits per heavy atom. The van der Waals surface area contributed by atoms with Crippen LogP contribution < -0.4 is 5.73 Å². The van der Waals surface area contributed by atoms with E-state index in [9.17, 15) is 4.79 Å². The molecular weight excluding hydrogens is 200 g/mol. The van der Waals surface area contributed by atoms with Crippen LogP contribution in [-0.2, 0) is 4.79 Å². The molecule has 1 amide bonds. The van der Waals surface area contributed by atoms with Gasteiger partial charge in [0.05, 0.1) is 0 Å². The Hall–Kier alpha value is -0.570. The van der Waals surface area contributed by atoms with Crippen molar-refractivity contribution in [3.8, 4) is 0 Å². The van der Waals surface area contributed by atoms with Crippen molar-refractivity contribution in [1.29, 1.82) is 0 Å². The van der Waals surface area contributed by atoms with Crippen LogP contribution in [0.1, 0.15) is 51.4 Å². The first-order valence-electron chi connectivity index (χ1n) is 6.80. The van der Waals surface area contributed by atoms with Gasteiger partial charge in [-0.25, -0.2) is 0 Å². The zero-order valence-electron chi connectivity index (χ0n) is 9.95. The second-order valence-electron chi connectivity index (χ2n) is 5.90. The van der Waals surface area contributed by atoms with E-state index in [0.29, 0.717) is 17.9 Å². The van der Waals surface area contributed by atoms with E-state index < -0.39 is 0 Å². The largest absolute Gasteiger partial charge is 0.338 e. The maximum absolute atomic E-state index is 12.3. The van der Waals surface area contributed by atoms with Gasteiger partial charge in [-0.15, -0.1) is 0 Å². The molecule has 3 rings (SSSR count). The van der Waals surface area contributed by atoms with E-state index in [2.05, 4.69) is 4.90 Å². The molecule has 90 valence electrons. The van der Waals surface area contributed by atoms with Crippen LogP contribution in [-0.4, -0.2) is 28.9 Å². The second-order valence-corrected chi connectivity index (χ2v) is 5.90. The van der Waals surface area contributed by atoms with Crippen LogP contribution in [0.4, 0.5) is 0 Å². The number of fused-ring (bicyclic) bond motifs is 1. The van der Waals surface area contributed by atoms with E-state index in [1.54, 1.807) is 0 Å². The minimum atomic E-state index is -0.0440. The summed E-state index contributed by atoms with van der Waals surface area (Å²) in [5.41, 5.74) is 6.41. The molecule has 0 aromatic heterocycles. The van der Waals surface area contributed by atoms with E-state index in [4.69, 9.17) is 5.73 Å². The summed E-state index contributed by atoms with van der Waals surface area (Å²) in [6.45, 7) is 0.913. The molecule has 1 saturated heterocycles. The molecule has 2 unspecified atom stereocenters. The van der Waals surface area contributed by atoms with Gasteiger partial charge in [0.1, 0.15) is 0 Å². The van der Waals surface area contributed by atoms with E-state index in [1.807, 2.05) is 0 Å². The number of hydrogen-bond acceptors (Lipinski definition) is 2. The molecule has 3 heteroatoms. The fraction of sp³-hybridized carbons (Fsp3) is 0.923. The van der Waals surface area contributed by atoms with E-state index >= 15 is 0 Å². The molecule has 1 aliphatic heterocycles. The first-order chi connectivity index (χ1) is 7.71. The first kappa shape index (κ1) is 10.6. The number of carbonyl (C=O) groups excluding carboxylic acids is 1. The Morgan fingerprint density at radius 3 is 2.62 bits per heavy atom. The summed E-state index contributed by atoms with van der Waals surface area (Å²) in [4.78, 5) is 14.4. The maximum Gasteiger partial charge on any atom is 0.225 e. The topological polar surface area (TPSA) is 46.3 Å². The maximum atomic E-state index is 12.3. The molecule has 2 atom stereocenters. The van der Waals surface area contributed by atoms with Crippen LogP contribution in [0.25, 0.3) is 0 Å².